The number of halogens is 2. The summed E-state index contributed by atoms with van der Waals surface area (Å²) in [5.41, 5.74) is 1.16. The lowest BCUT2D eigenvalue weighted by Gasteiger charge is -2.15. The van der Waals surface area contributed by atoms with Gasteiger partial charge in [0.25, 0.3) is 5.56 Å². The number of para-hydroxylation sites is 2. The van der Waals surface area contributed by atoms with Crippen molar-refractivity contribution in [2.24, 2.45) is 0 Å². The van der Waals surface area contributed by atoms with Gasteiger partial charge in [-0.1, -0.05) is 12.1 Å². The first-order chi connectivity index (χ1) is 11.2. The van der Waals surface area contributed by atoms with Gasteiger partial charge in [0.05, 0.1) is 29.1 Å². The monoisotopic (exact) mass is 440 g/mol. The zero-order valence-corrected chi connectivity index (χ0v) is 15.3. The summed E-state index contributed by atoms with van der Waals surface area (Å²) in [4.78, 5) is 17.6. The van der Waals surface area contributed by atoms with E-state index >= 15 is 0 Å². The lowest BCUT2D eigenvalue weighted by molar-refractivity contribution is 0.338. The van der Waals surface area contributed by atoms with Crippen LogP contribution in [0.2, 0.25) is 0 Å². The molecule has 1 heterocycles. The third-order valence-corrected chi connectivity index (χ3v) is 4.34. The average Bonchev–Trinajstić information content (AvgIpc) is 2.56. The van der Waals surface area contributed by atoms with Gasteiger partial charge in [-0.3, -0.25) is 9.36 Å². The Bertz CT molecular complexity index is 924. The van der Waals surface area contributed by atoms with Gasteiger partial charge >= 0.3 is 0 Å². The van der Waals surface area contributed by atoms with Gasteiger partial charge in [-0.25, -0.2) is 4.98 Å². The molecule has 0 bridgehead atoms. The molecule has 118 valence electrons. The van der Waals surface area contributed by atoms with Gasteiger partial charge in [-0.2, -0.15) is 0 Å². The zero-order chi connectivity index (χ0) is 16.4. The highest BCUT2D eigenvalue weighted by Gasteiger charge is 2.15. The predicted octanol–water partition coefficient (Wildman–Crippen LogP) is 4.13. The summed E-state index contributed by atoms with van der Waals surface area (Å²) in [7, 11) is 0. The second kappa shape index (κ2) is 6.88. The maximum atomic E-state index is 13.0. The van der Waals surface area contributed by atoms with E-state index < -0.39 is 0 Å². The minimum Gasteiger partial charge on any atom is -0.492 e. The fourth-order valence-electron chi connectivity index (χ4n) is 2.46. The van der Waals surface area contributed by atoms with Crippen molar-refractivity contribution in [2.45, 2.75) is 12.8 Å². The minimum atomic E-state index is -0.142. The molecule has 3 aromatic rings. The van der Waals surface area contributed by atoms with Crippen molar-refractivity contribution in [3.8, 4) is 11.4 Å². The fourth-order valence-corrected chi connectivity index (χ4v) is 3.13. The lowest BCUT2D eigenvalue weighted by atomic mass is 10.2. The molecule has 6 heteroatoms. The molecule has 0 radical (unpaired) electrons. The molecule has 0 spiro atoms. The summed E-state index contributed by atoms with van der Waals surface area (Å²) in [6, 6.07) is 13.0. The summed E-state index contributed by atoms with van der Waals surface area (Å²) >= 11 is 8.23. The van der Waals surface area contributed by atoms with E-state index in [-0.39, 0.29) is 11.4 Å². The Morgan fingerprint density at radius 2 is 2.04 bits per heavy atom. The van der Waals surface area contributed by atoms with Crippen LogP contribution in [0.25, 0.3) is 16.6 Å². The number of ether oxygens (including phenoxy) is 1. The number of nitrogens with zero attached hydrogens (tertiary/aromatic N) is 2. The Kier molecular flexibility index (Phi) is 4.87. The molecule has 4 nitrogen and oxygen atoms in total. The first-order valence-electron chi connectivity index (χ1n) is 7.15. The van der Waals surface area contributed by atoms with Gasteiger partial charge in [0.15, 0.2) is 0 Å². The molecule has 0 atom stereocenters. The van der Waals surface area contributed by atoms with Crippen molar-refractivity contribution < 1.29 is 4.74 Å². The molecule has 23 heavy (non-hydrogen) atoms. The third kappa shape index (κ3) is 3.07. The van der Waals surface area contributed by atoms with E-state index in [0.717, 1.165) is 3.57 Å². The largest absolute Gasteiger partial charge is 0.492 e. The maximum absolute atomic E-state index is 13.0. The first-order valence-corrected chi connectivity index (χ1v) is 8.76. The van der Waals surface area contributed by atoms with E-state index in [1.165, 1.54) is 4.57 Å². The standard InChI is InChI=1S/C17H14ClIN2O2/c1-2-23-15-6-4-3-5-14(15)21-16(10-18)20-13-8-7-11(19)9-12(13)17(21)22/h3-9H,2,10H2,1H3. The molecule has 0 unspecified atom stereocenters. The highest BCUT2D eigenvalue weighted by atomic mass is 127. The Morgan fingerprint density at radius 3 is 2.78 bits per heavy atom. The second-order valence-corrected chi connectivity index (χ2v) is 6.38. The van der Waals surface area contributed by atoms with Crippen LogP contribution in [0, 0.1) is 3.57 Å². The number of rotatable bonds is 4. The van der Waals surface area contributed by atoms with Crippen molar-refractivity contribution in [2.75, 3.05) is 6.61 Å². The predicted molar refractivity (Wildman–Crippen MR) is 101 cm³/mol. The zero-order valence-electron chi connectivity index (χ0n) is 12.4. The highest BCUT2D eigenvalue weighted by molar-refractivity contribution is 14.1. The highest BCUT2D eigenvalue weighted by Crippen LogP contribution is 2.24. The number of alkyl halides is 1. The van der Waals surface area contributed by atoms with Crippen molar-refractivity contribution >= 4 is 45.1 Å². The van der Waals surface area contributed by atoms with E-state index in [2.05, 4.69) is 27.6 Å². The second-order valence-electron chi connectivity index (χ2n) is 4.86. The molecule has 1 aromatic heterocycles. The van der Waals surface area contributed by atoms with E-state index in [1.54, 1.807) is 0 Å². The van der Waals surface area contributed by atoms with Crippen LogP contribution in [-0.2, 0) is 5.88 Å². The van der Waals surface area contributed by atoms with E-state index in [9.17, 15) is 4.79 Å². The molecule has 0 saturated heterocycles. The minimum absolute atomic E-state index is 0.137. The molecule has 0 aliphatic carbocycles. The Balaban J connectivity index is 2.37. The molecular formula is C17H14ClIN2O2. The summed E-state index contributed by atoms with van der Waals surface area (Å²) in [5, 5.41) is 0.567. The van der Waals surface area contributed by atoms with Gasteiger partial charge < -0.3 is 4.74 Å². The number of fused-ring (bicyclic) bond motifs is 1. The topological polar surface area (TPSA) is 44.1 Å². The molecule has 3 rings (SSSR count). The van der Waals surface area contributed by atoms with Crippen LogP contribution in [0.1, 0.15) is 12.7 Å². The van der Waals surface area contributed by atoms with Gasteiger partial charge in [-0.15, -0.1) is 11.6 Å². The van der Waals surface area contributed by atoms with Gasteiger partial charge in [0.1, 0.15) is 11.6 Å². The fraction of sp³-hybridized carbons (Fsp3) is 0.176. The van der Waals surface area contributed by atoms with Crippen molar-refractivity contribution in [1.29, 1.82) is 0 Å². The van der Waals surface area contributed by atoms with E-state index in [0.29, 0.717) is 34.8 Å². The normalized spacial score (nSPS) is 10.9. The summed E-state index contributed by atoms with van der Waals surface area (Å²) in [6.45, 7) is 2.42. The van der Waals surface area contributed by atoms with Crippen molar-refractivity contribution in [1.82, 2.24) is 9.55 Å². The average molecular weight is 441 g/mol. The summed E-state index contributed by atoms with van der Waals surface area (Å²) in [5.74, 6) is 1.27. The first kappa shape index (κ1) is 16.3. The smallest absolute Gasteiger partial charge is 0.266 e. The van der Waals surface area contributed by atoms with Crippen molar-refractivity contribution in [3.05, 3.63) is 62.2 Å². The Labute approximate surface area is 152 Å². The molecule has 2 aromatic carbocycles. The Hall–Kier alpha value is -1.60. The maximum Gasteiger partial charge on any atom is 0.266 e. The molecule has 0 amide bonds. The number of hydrogen-bond acceptors (Lipinski definition) is 3. The Morgan fingerprint density at radius 1 is 1.26 bits per heavy atom. The van der Waals surface area contributed by atoms with Crippen molar-refractivity contribution in [3.63, 3.8) is 0 Å². The molecular weight excluding hydrogens is 427 g/mol. The van der Waals surface area contributed by atoms with Gasteiger partial charge in [-0.05, 0) is 59.8 Å². The lowest BCUT2D eigenvalue weighted by Crippen LogP contribution is -2.24. The molecule has 0 fully saturated rings. The molecule has 0 aliphatic heterocycles. The van der Waals surface area contributed by atoms with Crippen LogP contribution in [0.5, 0.6) is 5.75 Å². The van der Waals surface area contributed by atoms with Crippen LogP contribution >= 0.6 is 34.2 Å². The van der Waals surface area contributed by atoms with Crippen LogP contribution in [0.15, 0.2) is 47.3 Å². The van der Waals surface area contributed by atoms with E-state index in [4.69, 9.17) is 16.3 Å². The van der Waals surface area contributed by atoms with Crippen LogP contribution in [0.4, 0.5) is 0 Å². The number of aromatic nitrogens is 2. The van der Waals surface area contributed by atoms with Gasteiger partial charge in [0, 0.05) is 3.57 Å². The number of hydrogen-bond donors (Lipinski definition) is 0. The third-order valence-electron chi connectivity index (χ3n) is 3.43. The summed E-state index contributed by atoms with van der Waals surface area (Å²) in [6.07, 6.45) is 0. The quantitative estimate of drug-likeness (QED) is 0.453. The molecule has 0 N–H and O–H groups in total. The van der Waals surface area contributed by atoms with Crippen LogP contribution < -0.4 is 10.3 Å². The van der Waals surface area contributed by atoms with Crippen LogP contribution in [0.3, 0.4) is 0 Å². The summed E-state index contributed by atoms with van der Waals surface area (Å²) < 4.78 is 8.17. The molecule has 0 saturated carbocycles. The van der Waals surface area contributed by atoms with Gasteiger partial charge in [0.2, 0.25) is 0 Å². The molecule has 0 aliphatic rings. The SMILES string of the molecule is CCOc1ccccc1-n1c(CCl)nc2ccc(I)cc2c1=O. The number of benzene rings is 2. The van der Waals surface area contributed by atoms with Crippen LogP contribution in [-0.4, -0.2) is 16.2 Å². The van der Waals surface area contributed by atoms with E-state index in [1.807, 2.05) is 49.4 Å².